The van der Waals surface area contributed by atoms with E-state index in [-0.39, 0.29) is 36.8 Å². The first-order valence-electron chi connectivity index (χ1n) is 8.53. The van der Waals surface area contributed by atoms with Gasteiger partial charge in [0.2, 0.25) is 0 Å². The van der Waals surface area contributed by atoms with E-state index in [2.05, 4.69) is 11.0 Å². The summed E-state index contributed by atoms with van der Waals surface area (Å²) >= 11 is 6.20. The van der Waals surface area contributed by atoms with Gasteiger partial charge in [0.25, 0.3) is 0 Å². The summed E-state index contributed by atoms with van der Waals surface area (Å²) in [4.78, 5) is 2.41. The number of nitrogens with two attached hydrogens (primary N) is 1. The molecule has 1 aromatic rings. The number of halogens is 3. The van der Waals surface area contributed by atoms with E-state index < -0.39 is 5.60 Å². The van der Waals surface area contributed by atoms with E-state index >= 15 is 0 Å². The minimum Gasteiger partial charge on any atom is -0.389 e. The normalized spacial score (nSPS) is 24.7. The monoisotopic (exact) mass is 394 g/mol. The molecule has 0 amide bonds. The van der Waals surface area contributed by atoms with Crippen LogP contribution in [0, 0.1) is 0 Å². The second kappa shape index (κ2) is 9.61. The molecule has 1 saturated heterocycles. The van der Waals surface area contributed by atoms with Crippen molar-refractivity contribution in [3.05, 3.63) is 34.9 Å². The zero-order valence-electron chi connectivity index (χ0n) is 14.0. The van der Waals surface area contributed by atoms with Gasteiger partial charge in [0.15, 0.2) is 0 Å². The molecule has 1 aliphatic carbocycles. The molecule has 2 aliphatic rings. The smallest absolute Gasteiger partial charge is 0.0728 e. The van der Waals surface area contributed by atoms with Crippen molar-refractivity contribution in [2.45, 2.75) is 56.1 Å². The van der Waals surface area contributed by atoms with Gasteiger partial charge in [-0.25, -0.2) is 0 Å². The van der Waals surface area contributed by atoms with Crippen LogP contribution in [-0.4, -0.2) is 41.3 Å². The van der Waals surface area contributed by atoms with E-state index in [9.17, 15) is 5.11 Å². The number of aliphatic hydroxyl groups is 1. The van der Waals surface area contributed by atoms with Gasteiger partial charge in [-0.1, -0.05) is 43.0 Å². The summed E-state index contributed by atoms with van der Waals surface area (Å²) in [6, 6.07) is 8.31. The minimum absolute atomic E-state index is 0. The largest absolute Gasteiger partial charge is 0.389 e. The topological polar surface area (TPSA) is 49.5 Å². The third-order valence-electron chi connectivity index (χ3n) is 5.37. The van der Waals surface area contributed by atoms with E-state index in [0.29, 0.717) is 0 Å². The van der Waals surface area contributed by atoms with Crippen LogP contribution in [0.2, 0.25) is 5.02 Å². The molecule has 3 nitrogen and oxygen atoms in total. The Labute approximate surface area is 162 Å². The lowest BCUT2D eigenvalue weighted by atomic mass is 9.72. The Morgan fingerprint density at radius 1 is 1.25 bits per heavy atom. The van der Waals surface area contributed by atoms with E-state index in [4.69, 9.17) is 17.3 Å². The van der Waals surface area contributed by atoms with Crippen LogP contribution in [0.25, 0.3) is 0 Å². The Balaban J connectivity index is 0.00000144. The number of hydrogen-bond donors (Lipinski definition) is 2. The molecule has 0 aromatic heterocycles. The molecular formula is C18H29Cl3N2O. The molecular weight excluding hydrogens is 367 g/mol. The fraction of sp³-hybridized carbons (Fsp3) is 0.667. The highest BCUT2D eigenvalue weighted by Crippen LogP contribution is 2.41. The average Bonchev–Trinajstić information content (AvgIpc) is 2.91. The van der Waals surface area contributed by atoms with Gasteiger partial charge < -0.3 is 15.7 Å². The maximum Gasteiger partial charge on any atom is 0.0728 e. The number of benzene rings is 1. The Bertz CT molecular complexity index is 509. The molecule has 0 spiro atoms. The number of hydrogen-bond acceptors (Lipinski definition) is 3. The summed E-state index contributed by atoms with van der Waals surface area (Å²) in [5, 5.41) is 12.1. The second-order valence-electron chi connectivity index (χ2n) is 7.08. The van der Waals surface area contributed by atoms with E-state index in [1.165, 1.54) is 6.42 Å². The maximum absolute atomic E-state index is 11.3. The minimum atomic E-state index is -0.602. The summed E-state index contributed by atoms with van der Waals surface area (Å²) in [6.45, 7) is 2.85. The molecule has 1 saturated carbocycles. The van der Waals surface area contributed by atoms with Crippen LogP contribution in [0.15, 0.2) is 24.3 Å². The maximum atomic E-state index is 11.3. The Kier molecular flexibility index (Phi) is 8.81. The predicted molar refractivity (Wildman–Crippen MR) is 106 cm³/mol. The van der Waals surface area contributed by atoms with Crippen molar-refractivity contribution < 1.29 is 5.11 Å². The molecule has 2 fully saturated rings. The van der Waals surface area contributed by atoms with Crippen LogP contribution in [0.4, 0.5) is 0 Å². The van der Waals surface area contributed by atoms with Crippen molar-refractivity contribution in [3.8, 4) is 0 Å². The number of rotatable bonds is 4. The summed E-state index contributed by atoms with van der Waals surface area (Å²) in [6.07, 6.45) is 6.31. The van der Waals surface area contributed by atoms with Crippen LogP contribution >= 0.6 is 36.4 Å². The summed E-state index contributed by atoms with van der Waals surface area (Å²) < 4.78 is 0. The first-order valence-corrected chi connectivity index (χ1v) is 8.90. The average molecular weight is 396 g/mol. The van der Waals surface area contributed by atoms with Gasteiger partial charge in [0.05, 0.1) is 5.60 Å². The van der Waals surface area contributed by atoms with Gasteiger partial charge in [-0.15, -0.1) is 24.8 Å². The lowest BCUT2D eigenvalue weighted by molar-refractivity contribution is -0.0294. The fourth-order valence-corrected chi connectivity index (χ4v) is 4.31. The highest BCUT2D eigenvalue weighted by atomic mass is 35.5. The zero-order chi connectivity index (χ0) is 15.6. The van der Waals surface area contributed by atoms with Crippen molar-refractivity contribution >= 4 is 36.4 Å². The molecule has 1 aromatic carbocycles. The van der Waals surface area contributed by atoms with E-state index in [0.717, 1.165) is 62.3 Å². The summed E-state index contributed by atoms with van der Waals surface area (Å²) in [5.41, 5.74) is 6.61. The Hall–Kier alpha value is -0.0300. The van der Waals surface area contributed by atoms with Crippen LogP contribution in [0.3, 0.4) is 0 Å². The molecule has 6 heteroatoms. The molecule has 0 bridgehead atoms. The van der Waals surface area contributed by atoms with Gasteiger partial charge in [-0.2, -0.15) is 0 Å². The third-order valence-corrected chi connectivity index (χ3v) is 5.60. The SMILES string of the molecule is Cl.Cl.N[C@@H]1CCN(CC(c2cccc(Cl)c2)C2(O)CCCCC2)C1. The van der Waals surface area contributed by atoms with Crippen LogP contribution in [0.5, 0.6) is 0 Å². The van der Waals surface area contributed by atoms with Gasteiger partial charge in [-0.05, 0) is 43.5 Å². The van der Waals surface area contributed by atoms with Crippen molar-refractivity contribution in [2.24, 2.45) is 5.73 Å². The van der Waals surface area contributed by atoms with Crippen molar-refractivity contribution in [1.29, 1.82) is 0 Å². The fourth-order valence-electron chi connectivity index (χ4n) is 4.11. The Morgan fingerprint density at radius 2 is 1.96 bits per heavy atom. The summed E-state index contributed by atoms with van der Waals surface area (Å²) in [7, 11) is 0. The summed E-state index contributed by atoms with van der Waals surface area (Å²) in [5.74, 6) is 0.122. The quantitative estimate of drug-likeness (QED) is 0.810. The van der Waals surface area contributed by atoms with Gasteiger partial charge in [-0.3, -0.25) is 0 Å². The highest BCUT2D eigenvalue weighted by Gasteiger charge is 2.40. The van der Waals surface area contributed by atoms with Crippen LogP contribution in [-0.2, 0) is 0 Å². The molecule has 1 unspecified atom stereocenters. The van der Waals surface area contributed by atoms with Gasteiger partial charge in [0, 0.05) is 30.1 Å². The van der Waals surface area contributed by atoms with E-state index in [1.54, 1.807) is 0 Å². The molecule has 3 N–H and O–H groups in total. The first kappa shape index (κ1) is 22.0. The molecule has 0 radical (unpaired) electrons. The van der Waals surface area contributed by atoms with Crippen molar-refractivity contribution in [1.82, 2.24) is 4.90 Å². The standard InChI is InChI=1S/C18H27ClN2O.2ClH/c19-15-6-4-5-14(11-15)17(13-21-10-7-16(20)12-21)18(22)8-2-1-3-9-18;;/h4-6,11,16-17,22H,1-3,7-10,12-13,20H2;2*1H/t16-,17?;;/m1../s1. The first-order chi connectivity index (χ1) is 10.6. The Morgan fingerprint density at radius 3 is 2.54 bits per heavy atom. The second-order valence-corrected chi connectivity index (χ2v) is 7.52. The van der Waals surface area contributed by atoms with Crippen LogP contribution in [0.1, 0.15) is 50.0 Å². The van der Waals surface area contributed by atoms with Crippen molar-refractivity contribution in [2.75, 3.05) is 19.6 Å². The highest BCUT2D eigenvalue weighted by molar-refractivity contribution is 6.30. The lowest BCUT2D eigenvalue weighted by Crippen LogP contribution is -2.44. The third kappa shape index (κ3) is 5.23. The molecule has 138 valence electrons. The molecule has 1 heterocycles. The van der Waals surface area contributed by atoms with Gasteiger partial charge in [0.1, 0.15) is 0 Å². The van der Waals surface area contributed by atoms with E-state index in [1.807, 2.05) is 18.2 Å². The molecule has 2 atom stereocenters. The molecule has 24 heavy (non-hydrogen) atoms. The number of nitrogens with zero attached hydrogens (tertiary/aromatic N) is 1. The van der Waals surface area contributed by atoms with Crippen molar-refractivity contribution in [3.63, 3.8) is 0 Å². The molecule has 1 aliphatic heterocycles. The number of likely N-dealkylation sites (tertiary alicyclic amines) is 1. The van der Waals surface area contributed by atoms with Gasteiger partial charge >= 0.3 is 0 Å². The van der Waals surface area contributed by atoms with Crippen LogP contribution < -0.4 is 5.73 Å². The zero-order valence-corrected chi connectivity index (χ0v) is 16.4. The predicted octanol–water partition coefficient (Wildman–Crippen LogP) is 4.00. The molecule has 3 rings (SSSR count). The lowest BCUT2D eigenvalue weighted by Gasteiger charge is -2.41.